The molecule has 1 aliphatic heterocycles. The van der Waals surface area contributed by atoms with Gasteiger partial charge < -0.3 is 18.8 Å². The number of cyclic esters (lactones) is 1. The van der Waals surface area contributed by atoms with Crippen LogP contribution in [0.15, 0.2) is 28.7 Å². The first-order valence-corrected chi connectivity index (χ1v) is 7.08. The zero-order chi connectivity index (χ0) is 16.5. The quantitative estimate of drug-likeness (QED) is 0.746. The Balaban J connectivity index is 1.93. The van der Waals surface area contributed by atoms with Crippen LogP contribution in [-0.4, -0.2) is 27.3 Å². The highest BCUT2D eigenvalue weighted by atomic mass is 16.6. The largest absolute Gasteiger partial charge is 0.494 e. The Morgan fingerprint density at radius 2 is 1.87 bits per heavy atom. The lowest BCUT2D eigenvalue weighted by Gasteiger charge is -2.11. The van der Waals surface area contributed by atoms with Crippen molar-refractivity contribution in [3.05, 3.63) is 24.3 Å². The van der Waals surface area contributed by atoms with Crippen LogP contribution in [-0.2, 0) is 16.6 Å². The second-order valence-electron chi connectivity index (χ2n) is 6.08. The molecule has 0 spiro atoms. The minimum absolute atomic E-state index is 0.108. The van der Waals surface area contributed by atoms with E-state index in [2.05, 4.69) is 0 Å². The number of hydrogen-bond acceptors (Lipinski definition) is 5. The summed E-state index contributed by atoms with van der Waals surface area (Å²) in [6, 6.07) is 6.76. The molecule has 0 aliphatic carbocycles. The molecule has 118 valence electrons. The van der Waals surface area contributed by atoms with Crippen molar-refractivity contribution in [1.29, 1.82) is 0 Å². The molecule has 1 fully saturated rings. The van der Waals surface area contributed by atoms with Crippen LogP contribution in [0.4, 0.5) is 10.7 Å². The highest BCUT2D eigenvalue weighted by Crippen LogP contribution is 2.37. The van der Waals surface area contributed by atoms with E-state index in [1.165, 1.54) is 13.8 Å². The van der Waals surface area contributed by atoms with Gasteiger partial charge in [0.1, 0.15) is 5.58 Å². The lowest BCUT2D eigenvalue weighted by Crippen LogP contribution is -2.35. The molecule has 4 rings (SSSR count). The van der Waals surface area contributed by atoms with Crippen LogP contribution in [0.3, 0.4) is 0 Å². The number of aromatic hydroxyl groups is 1. The fourth-order valence-electron chi connectivity index (χ4n) is 2.86. The predicted molar refractivity (Wildman–Crippen MR) is 82.4 cm³/mol. The zero-order valence-electron chi connectivity index (χ0n) is 12.8. The topological polar surface area (TPSA) is 84.9 Å². The van der Waals surface area contributed by atoms with Gasteiger partial charge in [0, 0.05) is 30.0 Å². The van der Waals surface area contributed by atoms with Crippen molar-refractivity contribution in [1.82, 2.24) is 4.57 Å². The van der Waals surface area contributed by atoms with Gasteiger partial charge in [0.05, 0.1) is 5.52 Å². The molecule has 1 saturated heterocycles. The molecule has 23 heavy (non-hydrogen) atoms. The monoisotopic (exact) mass is 314 g/mol. The predicted octanol–water partition coefficient (Wildman–Crippen LogP) is 2.89. The smallest absolute Gasteiger partial charge is 0.424 e. The Morgan fingerprint density at radius 1 is 1.13 bits per heavy atom. The lowest BCUT2D eigenvalue weighted by atomic mass is 10.1. The third kappa shape index (κ3) is 1.70. The van der Waals surface area contributed by atoms with E-state index >= 15 is 0 Å². The Labute approximate surface area is 130 Å². The summed E-state index contributed by atoms with van der Waals surface area (Å²) in [4.78, 5) is 25.2. The van der Waals surface area contributed by atoms with Crippen molar-refractivity contribution >= 4 is 39.8 Å². The normalized spacial score (nSPS) is 17.4. The number of nitrogens with zero attached hydrogens (tertiary/aromatic N) is 2. The van der Waals surface area contributed by atoms with E-state index in [-0.39, 0.29) is 11.8 Å². The van der Waals surface area contributed by atoms with Crippen molar-refractivity contribution in [3.63, 3.8) is 0 Å². The number of aromatic nitrogens is 1. The molecule has 0 unspecified atom stereocenters. The molecule has 1 aromatic carbocycles. The second kappa shape index (κ2) is 4.07. The second-order valence-corrected chi connectivity index (χ2v) is 6.08. The van der Waals surface area contributed by atoms with E-state index in [1.54, 1.807) is 35.9 Å². The number of imide groups is 1. The number of carbonyl (C=O) groups excluding carboxylic acids is 2. The van der Waals surface area contributed by atoms with Gasteiger partial charge in [-0.2, -0.15) is 4.90 Å². The van der Waals surface area contributed by atoms with E-state index in [1.807, 2.05) is 0 Å². The molecule has 3 heterocycles. The summed E-state index contributed by atoms with van der Waals surface area (Å²) in [5.41, 5.74) is 0.123. The first-order valence-electron chi connectivity index (χ1n) is 7.08. The number of carbonyl (C=O) groups is 2. The SMILES string of the molecule is Cn1c(O)cc2c3cc(N4C(=O)OC(C)(C)C4=O)oc3ccc21. The number of aryl methyl sites for hydroxylation is 1. The molecular weight excluding hydrogens is 300 g/mol. The highest BCUT2D eigenvalue weighted by Gasteiger charge is 2.49. The van der Waals surface area contributed by atoms with E-state index in [9.17, 15) is 14.7 Å². The van der Waals surface area contributed by atoms with Crippen LogP contribution in [0, 0.1) is 0 Å². The van der Waals surface area contributed by atoms with Crippen LogP contribution < -0.4 is 4.90 Å². The lowest BCUT2D eigenvalue weighted by molar-refractivity contribution is -0.127. The molecule has 3 aromatic rings. The molecule has 1 N–H and O–H groups in total. The van der Waals surface area contributed by atoms with Crippen LogP contribution in [0.2, 0.25) is 0 Å². The van der Waals surface area contributed by atoms with Crippen LogP contribution in [0.1, 0.15) is 13.8 Å². The van der Waals surface area contributed by atoms with Crippen LogP contribution in [0.25, 0.3) is 21.9 Å². The van der Waals surface area contributed by atoms with Gasteiger partial charge in [-0.05, 0) is 26.0 Å². The molecule has 0 saturated carbocycles. The van der Waals surface area contributed by atoms with Crippen molar-refractivity contribution in [2.45, 2.75) is 19.4 Å². The summed E-state index contributed by atoms with van der Waals surface area (Å²) in [6.45, 7) is 3.06. The summed E-state index contributed by atoms with van der Waals surface area (Å²) >= 11 is 0. The Hall–Kier alpha value is -2.96. The number of furan rings is 1. The maximum Gasteiger partial charge on any atom is 0.424 e. The summed E-state index contributed by atoms with van der Waals surface area (Å²) in [5.74, 6) is -0.252. The molecule has 2 amide bonds. The maximum absolute atomic E-state index is 12.3. The Bertz CT molecular complexity index is 995. The number of benzene rings is 1. The molecule has 1 aliphatic rings. The van der Waals surface area contributed by atoms with Gasteiger partial charge in [-0.3, -0.25) is 4.79 Å². The Morgan fingerprint density at radius 3 is 2.52 bits per heavy atom. The third-order valence-corrected chi connectivity index (χ3v) is 4.15. The Kier molecular flexibility index (Phi) is 2.42. The number of rotatable bonds is 1. The van der Waals surface area contributed by atoms with Gasteiger partial charge in [-0.1, -0.05) is 0 Å². The van der Waals surface area contributed by atoms with E-state index < -0.39 is 17.6 Å². The van der Waals surface area contributed by atoms with Gasteiger partial charge in [-0.15, -0.1) is 0 Å². The average Bonchev–Trinajstić information content (AvgIpc) is 3.06. The molecule has 0 bridgehead atoms. The number of fused-ring (bicyclic) bond motifs is 3. The number of anilines is 1. The van der Waals surface area contributed by atoms with Crippen molar-refractivity contribution < 1.29 is 23.8 Å². The first kappa shape index (κ1) is 13.7. The summed E-state index contributed by atoms with van der Waals surface area (Å²) in [7, 11) is 1.74. The van der Waals surface area contributed by atoms with Crippen molar-refractivity contribution in [2.75, 3.05) is 4.90 Å². The molecule has 0 radical (unpaired) electrons. The van der Waals surface area contributed by atoms with Crippen molar-refractivity contribution in [2.24, 2.45) is 7.05 Å². The van der Waals surface area contributed by atoms with E-state index in [0.717, 1.165) is 15.8 Å². The van der Waals surface area contributed by atoms with Gasteiger partial charge in [0.25, 0.3) is 5.91 Å². The molecule has 2 aromatic heterocycles. The van der Waals surface area contributed by atoms with E-state index in [0.29, 0.717) is 11.0 Å². The van der Waals surface area contributed by atoms with E-state index in [4.69, 9.17) is 9.15 Å². The standard InChI is InChI=1S/C16H14N2O5/c1-16(2)14(20)18(15(21)23-16)13-7-9-8-6-12(19)17(3)10(8)4-5-11(9)22-13/h4-7,19H,1-3H3. The van der Waals surface area contributed by atoms with Gasteiger partial charge in [-0.25, -0.2) is 4.79 Å². The van der Waals surface area contributed by atoms with Gasteiger partial charge >= 0.3 is 6.09 Å². The molecular formula is C16H14N2O5. The van der Waals surface area contributed by atoms with Crippen molar-refractivity contribution in [3.8, 4) is 5.88 Å². The number of amides is 2. The van der Waals surface area contributed by atoms with Crippen LogP contribution in [0.5, 0.6) is 5.88 Å². The number of ether oxygens (including phenoxy) is 1. The minimum atomic E-state index is -1.21. The molecule has 0 atom stereocenters. The minimum Gasteiger partial charge on any atom is -0.494 e. The van der Waals surface area contributed by atoms with Crippen LogP contribution >= 0.6 is 0 Å². The fourth-order valence-corrected chi connectivity index (χ4v) is 2.86. The van der Waals surface area contributed by atoms with Gasteiger partial charge in [0.2, 0.25) is 5.88 Å². The molecule has 7 heteroatoms. The fraction of sp³-hybridized carbons (Fsp3) is 0.250. The number of hydrogen-bond donors (Lipinski definition) is 1. The first-order chi connectivity index (χ1) is 10.8. The summed E-state index contributed by atoms with van der Waals surface area (Å²) in [5, 5.41) is 11.3. The third-order valence-electron chi connectivity index (χ3n) is 4.15. The molecule has 7 nitrogen and oxygen atoms in total. The maximum atomic E-state index is 12.3. The summed E-state index contributed by atoms with van der Waals surface area (Å²) in [6.07, 6.45) is -0.758. The summed E-state index contributed by atoms with van der Waals surface area (Å²) < 4.78 is 12.4. The average molecular weight is 314 g/mol. The zero-order valence-corrected chi connectivity index (χ0v) is 12.8. The highest BCUT2D eigenvalue weighted by molar-refractivity contribution is 6.20. The van der Waals surface area contributed by atoms with Gasteiger partial charge in [0.15, 0.2) is 11.5 Å².